The van der Waals surface area contributed by atoms with Crippen LogP contribution in [0.25, 0.3) is 0 Å². The minimum absolute atomic E-state index is 0.0308. The molecule has 3 N–H and O–H groups in total. The van der Waals surface area contributed by atoms with Crippen LogP contribution in [0.1, 0.15) is 11.1 Å². The summed E-state index contributed by atoms with van der Waals surface area (Å²) >= 11 is 3.38. The molecule has 0 aliphatic heterocycles. The van der Waals surface area contributed by atoms with Crippen LogP contribution in [0.3, 0.4) is 0 Å². The minimum atomic E-state index is -0.0308. The SMILES string of the molecule is COc1cc(Br)cc(CNc2ccccc2CO)c1O. The fraction of sp³-hybridized carbons (Fsp3) is 0.200. The summed E-state index contributed by atoms with van der Waals surface area (Å²) < 4.78 is 5.95. The molecule has 0 amide bonds. The number of para-hydroxylation sites is 1. The molecular weight excluding hydrogens is 322 g/mol. The highest BCUT2D eigenvalue weighted by Gasteiger charge is 2.10. The number of methoxy groups -OCH3 is 1. The fourth-order valence-electron chi connectivity index (χ4n) is 1.94. The van der Waals surface area contributed by atoms with E-state index in [-0.39, 0.29) is 12.4 Å². The summed E-state index contributed by atoms with van der Waals surface area (Å²) in [6.07, 6.45) is 0. The Balaban J connectivity index is 2.21. The third kappa shape index (κ3) is 3.23. The Morgan fingerprint density at radius 2 is 1.95 bits per heavy atom. The van der Waals surface area contributed by atoms with E-state index in [0.29, 0.717) is 17.9 Å². The van der Waals surface area contributed by atoms with Crippen LogP contribution in [0.2, 0.25) is 0 Å². The summed E-state index contributed by atoms with van der Waals surface area (Å²) in [5.41, 5.74) is 2.37. The maximum absolute atomic E-state index is 10.1. The van der Waals surface area contributed by atoms with E-state index in [9.17, 15) is 10.2 Å². The van der Waals surface area contributed by atoms with Crippen molar-refractivity contribution in [3.63, 3.8) is 0 Å². The molecule has 20 heavy (non-hydrogen) atoms. The fourth-order valence-corrected chi connectivity index (χ4v) is 2.42. The van der Waals surface area contributed by atoms with Crippen LogP contribution in [0.4, 0.5) is 5.69 Å². The molecule has 0 radical (unpaired) electrons. The molecule has 2 aromatic carbocycles. The van der Waals surface area contributed by atoms with Crippen molar-refractivity contribution in [2.24, 2.45) is 0 Å². The van der Waals surface area contributed by atoms with Crippen LogP contribution in [0.15, 0.2) is 40.9 Å². The third-order valence-electron chi connectivity index (χ3n) is 3.00. The van der Waals surface area contributed by atoms with Crippen molar-refractivity contribution in [1.29, 1.82) is 0 Å². The topological polar surface area (TPSA) is 61.7 Å². The number of anilines is 1. The predicted octanol–water partition coefficient (Wildman–Crippen LogP) is 3.27. The van der Waals surface area contributed by atoms with Crippen molar-refractivity contribution >= 4 is 21.6 Å². The first-order valence-electron chi connectivity index (χ1n) is 6.13. The first kappa shape index (κ1) is 14.7. The molecule has 106 valence electrons. The van der Waals surface area contributed by atoms with Gasteiger partial charge in [-0.1, -0.05) is 34.1 Å². The first-order valence-corrected chi connectivity index (χ1v) is 6.93. The molecule has 0 fully saturated rings. The summed E-state index contributed by atoms with van der Waals surface area (Å²) in [6.45, 7) is 0.398. The zero-order valence-corrected chi connectivity index (χ0v) is 12.6. The number of rotatable bonds is 5. The normalized spacial score (nSPS) is 10.3. The second-order valence-corrected chi connectivity index (χ2v) is 5.20. The van der Waals surface area contributed by atoms with Crippen molar-refractivity contribution in [3.8, 4) is 11.5 Å². The molecule has 0 aliphatic rings. The van der Waals surface area contributed by atoms with E-state index in [4.69, 9.17) is 4.74 Å². The van der Waals surface area contributed by atoms with Crippen molar-refractivity contribution in [2.45, 2.75) is 13.2 Å². The van der Waals surface area contributed by atoms with E-state index in [1.165, 1.54) is 7.11 Å². The van der Waals surface area contributed by atoms with E-state index >= 15 is 0 Å². The van der Waals surface area contributed by atoms with Gasteiger partial charge in [-0.3, -0.25) is 0 Å². The lowest BCUT2D eigenvalue weighted by atomic mass is 10.1. The molecule has 0 saturated heterocycles. The summed E-state index contributed by atoms with van der Waals surface area (Å²) in [7, 11) is 1.51. The first-order chi connectivity index (χ1) is 9.65. The highest BCUT2D eigenvalue weighted by Crippen LogP contribution is 2.34. The van der Waals surface area contributed by atoms with E-state index in [2.05, 4.69) is 21.2 Å². The maximum Gasteiger partial charge on any atom is 0.162 e. The van der Waals surface area contributed by atoms with Crippen molar-refractivity contribution in [2.75, 3.05) is 12.4 Å². The Hall–Kier alpha value is -1.72. The second-order valence-electron chi connectivity index (χ2n) is 4.28. The summed E-state index contributed by atoms with van der Waals surface area (Å²) in [6, 6.07) is 11.0. The molecule has 0 heterocycles. The average molecular weight is 338 g/mol. The number of benzene rings is 2. The number of hydrogen-bond acceptors (Lipinski definition) is 4. The van der Waals surface area contributed by atoms with Gasteiger partial charge in [0.15, 0.2) is 11.5 Å². The number of aromatic hydroxyl groups is 1. The Morgan fingerprint density at radius 1 is 1.20 bits per heavy atom. The van der Waals surface area contributed by atoms with Crippen molar-refractivity contribution in [3.05, 3.63) is 52.0 Å². The van der Waals surface area contributed by atoms with Gasteiger partial charge in [0.05, 0.1) is 13.7 Å². The molecule has 0 aromatic heterocycles. The lowest BCUT2D eigenvalue weighted by Crippen LogP contribution is -2.03. The van der Waals surface area contributed by atoms with Gasteiger partial charge in [-0.2, -0.15) is 0 Å². The van der Waals surface area contributed by atoms with Gasteiger partial charge in [-0.25, -0.2) is 0 Å². The van der Waals surface area contributed by atoms with Gasteiger partial charge < -0.3 is 20.3 Å². The molecule has 4 nitrogen and oxygen atoms in total. The van der Waals surface area contributed by atoms with Gasteiger partial charge in [0.1, 0.15) is 0 Å². The van der Waals surface area contributed by atoms with Crippen LogP contribution in [0.5, 0.6) is 11.5 Å². The second kappa shape index (κ2) is 6.63. The van der Waals surface area contributed by atoms with Crippen molar-refractivity contribution < 1.29 is 14.9 Å². The Labute approximate surface area is 126 Å². The lowest BCUT2D eigenvalue weighted by molar-refractivity contribution is 0.282. The molecule has 2 rings (SSSR count). The van der Waals surface area contributed by atoms with Crippen LogP contribution >= 0.6 is 15.9 Å². The summed E-state index contributed by atoms with van der Waals surface area (Å²) in [4.78, 5) is 0. The maximum atomic E-state index is 10.1. The average Bonchev–Trinajstić information content (AvgIpc) is 2.48. The molecule has 0 saturated carbocycles. The number of aliphatic hydroxyl groups excluding tert-OH is 1. The molecule has 0 atom stereocenters. The van der Waals surface area contributed by atoms with E-state index in [0.717, 1.165) is 15.7 Å². The Bertz CT molecular complexity index is 602. The van der Waals surface area contributed by atoms with Gasteiger partial charge in [-0.05, 0) is 18.2 Å². The molecule has 0 bridgehead atoms. The van der Waals surface area contributed by atoms with Crippen LogP contribution < -0.4 is 10.1 Å². The zero-order chi connectivity index (χ0) is 14.5. The Kier molecular flexibility index (Phi) is 4.87. The smallest absolute Gasteiger partial charge is 0.162 e. The quantitative estimate of drug-likeness (QED) is 0.783. The molecule has 5 heteroatoms. The summed E-state index contributed by atoms with van der Waals surface area (Å²) in [5, 5.41) is 22.6. The molecule has 0 spiro atoms. The highest BCUT2D eigenvalue weighted by molar-refractivity contribution is 9.10. The minimum Gasteiger partial charge on any atom is -0.504 e. The molecule has 2 aromatic rings. The van der Waals surface area contributed by atoms with Gasteiger partial charge in [0, 0.05) is 27.8 Å². The number of nitrogens with one attached hydrogen (secondary N) is 1. The molecular formula is C15H16BrNO3. The lowest BCUT2D eigenvalue weighted by Gasteiger charge is -2.13. The monoisotopic (exact) mass is 337 g/mol. The number of ether oxygens (including phenoxy) is 1. The Morgan fingerprint density at radius 3 is 2.65 bits per heavy atom. The number of halogens is 1. The summed E-state index contributed by atoms with van der Waals surface area (Å²) in [5.74, 6) is 0.538. The number of phenols is 1. The predicted molar refractivity (Wildman–Crippen MR) is 82.1 cm³/mol. The van der Waals surface area contributed by atoms with Crippen LogP contribution in [-0.2, 0) is 13.2 Å². The van der Waals surface area contributed by atoms with Gasteiger partial charge >= 0.3 is 0 Å². The van der Waals surface area contributed by atoms with Crippen LogP contribution in [-0.4, -0.2) is 17.3 Å². The van der Waals surface area contributed by atoms with E-state index < -0.39 is 0 Å². The van der Waals surface area contributed by atoms with Gasteiger partial charge in [0.25, 0.3) is 0 Å². The largest absolute Gasteiger partial charge is 0.504 e. The van der Waals surface area contributed by atoms with Gasteiger partial charge in [-0.15, -0.1) is 0 Å². The molecule has 0 aliphatic carbocycles. The number of phenolic OH excluding ortho intramolecular Hbond substituents is 1. The molecule has 0 unspecified atom stereocenters. The van der Waals surface area contributed by atoms with Crippen molar-refractivity contribution in [1.82, 2.24) is 0 Å². The number of aliphatic hydroxyl groups is 1. The van der Waals surface area contributed by atoms with E-state index in [1.54, 1.807) is 6.07 Å². The van der Waals surface area contributed by atoms with Crippen LogP contribution in [0, 0.1) is 0 Å². The standard InChI is InChI=1S/C15H16BrNO3/c1-20-14-7-12(16)6-11(15(14)19)8-17-13-5-3-2-4-10(13)9-18/h2-7,17-19H,8-9H2,1H3. The zero-order valence-electron chi connectivity index (χ0n) is 11.1. The highest BCUT2D eigenvalue weighted by atomic mass is 79.9. The third-order valence-corrected chi connectivity index (χ3v) is 3.45. The van der Waals surface area contributed by atoms with E-state index in [1.807, 2.05) is 30.3 Å². The number of hydrogen-bond donors (Lipinski definition) is 3. The van der Waals surface area contributed by atoms with Gasteiger partial charge in [0.2, 0.25) is 0 Å².